The van der Waals surface area contributed by atoms with Gasteiger partial charge in [-0.25, -0.2) is 15.0 Å². The molecule has 262 valence electrons. The highest BCUT2D eigenvalue weighted by molar-refractivity contribution is 6.10. The standard InChI is InChI=1S/C51H32N4O/c1-3-14-33(15-4-1)39-28-27-38(31-46(39)55-44-23-10-7-20-40(44)41-21-8-11-24-45(41)55)51-53-49(34-16-5-2-6-17-34)52-50(54-51)37-19-13-18-35(30-37)36-26-29-43-42-22-9-12-25-47(42)56-48(43)32-36/h1-32H. The summed E-state index contributed by atoms with van der Waals surface area (Å²) in [6.45, 7) is 0. The first-order chi connectivity index (χ1) is 27.7. The first kappa shape index (κ1) is 31.9. The number of hydrogen-bond acceptors (Lipinski definition) is 4. The zero-order chi connectivity index (χ0) is 37.0. The van der Waals surface area contributed by atoms with Crippen molar-refractivity contribution in [1.82, 2.24) is 19.5 Å². The van der Waals surface area contributed by atoms with E-state index in [4.69, 9.17) is 19.4 Å². The van der Waals surface area contributed by atoms with Gasteiger partial charge in [-0.1, -0.05) is 152 Å². The monoisotopic (exact) mass is 716 g/mol. The molecule has 11 aromatic rings. The van der Waals surface area contributed by atoms with Gasteiger partial charge in [-0.2, -0.15) is 0 Å². The fraction of sp³-hybridized carbons (Fsp3) is 0. The molecule has 0 aliphatic heterocycles. The van der Waals surface area contributed by atoms with Crippen molar-refractivity contribution in [3.63, 3.8) is 0 Å². The van der Waals surface area contributed by atoms with Crippen LogP contribution in [0.15, 0.2) is 199 Å². The Morgan fingerprint density at radius 3 is 1.54 bits per heavy atom. The van der Waals surface area contributed by atoms with Crippen molar-refractivity contribution in [2.24, 2.45) is 0 Å². The van der Waals surface area contributed by atoms with Gasteiger partial charge in [-0.05, 0) is 59.2 Å². The van der Waals surface area contributed by atoms with Gasteiger partial charge in [0.05, 0.1) is 16.7 Å². The van der Waals surface area contributed by atoms with Crippen LogP contribution < -0.4 is 0 Å². The van der Waals surface area contributed by atoms with Crippen molar-refractivity contribution in [2.45, 2.75) is 0 Å². The normalized spacial score (nSPS) is 11.6. The lowest BCUT2D eigenvalue weighted by Gasteiger charge is -2.16. The fourth-order valence-electron chi connectivity index (χ4n) is 7.99. The molecule has 5 heteroatoms. The highest BCUT2D eigenvalue weighted by Gasteiger charge is 2.19. The Morgan fingerprint density at radius 1 is 0.321 bits per heavy atom. The number of rotatable bonds is 6. The predicted octanol–water partition coefficient (Wildman–Crippen LogP) is 13.2. The molecule has 3 heterocycles. The minimum absolute atomic E-state index is 0.601. The summed E-state index contributed by atoms with van der Waals surface area (Å²) in [7, 11) is 0. The third kappa shape index (κ3) is 5.37. The van der Waals surface area contributed by atoms with Gasteiger partial charge >= 0.3 is 0 Å². The van der Waals surface area contributed by atoms with Gasteiger partial charge < -0.3 is 8.98 Å². The molecule has 0 atom stereocenters. The third-order valence-electron chi connectivity index (χ3n) is 10.7. The quantitative estimate of drug-likeness (QED) is 0.172. The van der Waals surface area contributed by atoms with E-state index >= 15 is 0 Å². The number of nitrogens with zero attached hydrogens (tertiary/aromatic N) is 4. The zero-order valence-electron chi connectivity index (χ0n) is 30.2. The topological polar surface area (TPSA) is 56.7 Å². The van der Waals surface area contributed by atoms with Crippen molar-refractivity contribution in [1.29, 1.82) is 0 Å². The molecular formula is C51H32N4O. The van der Waals surface area contributed by atoms with Crippen LogP contribution in [-0.4, -0.2) is 19.5 Å². The summed E-state index contributed by atoms with van der Waals surface area (Å²) in [5, 5.41) is 4.64. The molecule has 8 aromatic carbocycles. The molecule has 0 saturated heterocycles. The smallest absolute Gasteiger partial charge is 0.164 e. The van der Waals surface area contributed by atoms with Gasteiger partial charge in [0.15, 0.2) is 17.5 Å². The molecular weight excluding hydrogens is 685 g/mol. The van der Waals surface area contributed by atoms with E-state index in [1.807, 2.05) is 48.5 Å². The van der Waals surface area contributed by atoms with Crippen LogP contribution in [0.25, 0.3) is 106 Å². The van der Waals surface area contributed by atoms with Crippen LogP contribution in [0.1, 0.15) is 0 Å². The fourth-order valence-corrected chi connectivity index (χ4v) is 7.99. The molecule has 56 heavy (non-hydrogen) atoms. The largest absolute Gasteiger partial charge is 0.456 e. The molecule has 0 amide bonds. The Bertz CT molecular complexity index is 3200. The molecule has 0 bridgehead atoms. The van der Waals surface area contributed by atoms with Gasteiger partial charge in [-0.3, -0.25) is 0 Å². The highest BCUT2D eigenvalue weighted by Crippen LogP contribution is 2.39. The van der Waals surface area contributed by atoms with E-state index in [0.717, 1.165) is 77.6 Å². The Kier molecular flexibility index (Phi) is 7.42. The molecule has 3 aromatic heterocycles. The van der Waals surface area contributed by atoms with Gasteiger partial charge in [0.2, 0.25) is 0 Å². The number of hydrogen-bond donors (Lipinski definition) is 0. The summed E-state index contributed by atoms with van der Waals surface area (Å²) >= 11 is 0. The maximum Gasteiger partial charge on any atom is 0.164 e. The molecule has 11 rings (SSSR count). The lowest BCUT2D eigenvalue weighted by Crippen LogP contribution is -2.02. The summed E-state index contributed by atoms with van der Waals surface area (Å²) in [5.41, 5.74) is 12.2. The summed E-state index contributed by atoms with van der Waals surface area (Å²) in [6.07, 6.45) is 0. The van der Waals surface area contributed by atoms with Crippen LogP contribution in [0.4, 0.5) is 0 Å². The zero-order valence-corrected chi connectivity index (χ0v) is 30.2. The summed E-state index contributed by atoms with van der Waals surface area (Å²) in [6, 6.07) is 67.5. The summed E-state index contributed by atoms with van der Waals surface area (Å²) in [4.78, 5) is 15.4. The molecule has 0 radical (unpaired) electrons. The first-order valence-corrected chi connectivity index (χ1v) is 18.8. The number of para-hydroxylation sites is 3. The van der Waals surface area contributed by atoms with E-state index in [9.17, 15) is 0 Å². The average Bonchev–Trinajstić information content (AvgIpc) is 3.82. The molecule has 0 fully saturated rings. The van der Waals surface area contributed by atoms with Crippen LogP contribution in [0, 0.1) is 0 Å². The van der Waals surface area contributed by atoms with Crippen LogP contribution in [-0.2, 0) is 0 Å². The average molecular weight is 717 g/mol. The first-order valence-electron chi connectivity index (χ1n) is 18.8. The second kappa shape index (κ2) is 13.0. The predicted molar refractivity (Wildman–Crippen MR) is 229 cm³/mol. The van der Waals surface area contributed by atoms with Crippen molar-refractivity contribution in [3.05, 3.63) is 194 Å². The van der Waals surface area contributed by atoms with Crippen LogP contribution in [0.5, 0.6) is 0 Å². The molecule has 0 unspecified atom stereocenters. The van der Waals surface area contributed by atoms with Crippen LogP contribution in [0.2, 0.25) is 0 Å². The molecule has 0 spiro atoms. The van der Waals surface area contributed by atoms with Gasteiger partial charge in [0.1, 0.15) is 11.2 Å². The summed E-state index contributed by atoms with van der Waals surface area (Å²) < 4.78 is 8.62. The van der Waals surface area contributed by atoms with E-state index in [-0.39, 0.29) is 0 Å². The maximum absolute atomic E-state index is 6.24. The van der Waals surface area contributed by atoms with E-state index in [2.05, 4.69) is 150 Å². The number of furan rings is 1. The molecule has 0 aliphatic rings. The lowest BCUT2D eigenvalue weighted by atomic mass is 10.00. The van der Waals surface area contributed by atoms with Crippen molar-refractivity contribution in [3.8, 4) is 62.1 Å². The van der Waals surface area contributed by atoms with Crippen LogP contribution in [0.3, 0.4) is 0 Å². The second-order valence-electron chi connectivity index (χ2n) is 14.0. The SMILES string of the molecule is c1ccc(-c2nc(-c3cccc(-c4ccc5c(c4)oc4ccccc45)c3)nc(-c3ccc(-c4ccccc4)c(-n4c5ccccc5c5ccccc54)c3)n2)cc1. The van der Waals surface area contributed by atoms with E-state index in [0.29, 0.717) is 17.5 Å². The number of benzene rings is 8. The molecule has 0 aliphatic carbocycles. The minimum Gasteiger partial charge on any atom is -0.456 e. The van der Waals surface area contributed by atoms with Gasteiger partial charge in [0, 0.05) is 43.8 Å². The Morgan fingerprint density at radius 2 is 0.821 bits per heavy atom. The molecule has 5 nitrogen and oxygen atoms in total. The summed E-state index contributed by atoms with van der Waals surface area (Å²) in [5.74, 6) is 1.82. The van der Waals surface area contributed by atoms with E-state index in [1.165, 1.54) is 10.8 Å². The van der Waals surface area contributed by atoms with Crippen molar-refractivity contribution >= 4 is 43.7 Å². The molecule has 0 N–H and O–H groups in total. The van der Waals surface area contributed by atoms with E-state index < -0.39 is 0 Å². The van der Waals surface area contributed by atoms with Crippen molar-refractivity contribution < 1.29 is 4.42 Å². The van der Waals surface area contributed by atoms with Gasteiger partial charge in [-0.15, -0.1) is 0 Å². The van der Waals surface area contributed by atoms with Crippen LogP contribution >= 0.6 is 0 Å². The Hall–Kier alpha value is -7.63. The third-order valence-corrected chi connectivity index (χ3v) is 10.7. The Balaban J connectivity index is 1.10. The maximum atomic E-state index is 6.24. The molecule has 0 saturated carbocycles. The van der Waals surface area contributed by atoms with E-state index in [1.54, 1.807) is 0 Å². The number of fused-ring (bicyclic) bond motifs is 6. The Labute approximate surface area is 322 Å². The van der Waals surface area contributed by atoms with Crippen molar-refractivity contribution in [2.75, 3.05) is 0 Å². The number of aromatic nitrogens is 4. The van der Waals surface area contributed by atoms with Gasteiger partial charge in [0.25, 0.3) is 0 Å². The second-order valence-corrected chi connectivity index (χ2v) is 14.0. The minimum atomic E-state index is 0.601. The lowest BCUT2D eigenvalue weighted by molar-refractivity contribution is 0.669. The highest BCUT2D eigenvalue weighted by atomic mass is 16.3.